The summed E-state index contributed by atoms with van der Waals surface area (Å²) in [7, 11) is 0. The highest BCUT2D eigenvalue weighted by molar-refractivity contribution is 5.70. The maximum absolute atomic E-state index is 2.43. The molecule has 19 heavy (non-hydrogen) atoms. The van der Waals surface area contributed by atoms with Gasteiger partial charge in [0.1, 0.15) is 0 Å². The molecule has 1 aliphatic rings. The van der Waals surface area contributed by atoms with E-state index in [1.807, 2.05) is 0 Å². The molecule has 0 N–H and O–H groups in total. The minimum Gasteiger partial charge on any atom is -0.0839 e. The zero-order valence-corrected chi connectivity index (χ0v) is 12.7. The average Bonchev–Trinajstić information content (AvgIpc) is 2.38. The summed E-state index contributed by atoms with van der Waals surface area (Å²) in [5.41, 5.74) is 5.97. The molecule has 1 aromatic rings. The van der Waals surface area contributed by atoms with Gasteiger partial charge in [0.2, 0.25) is 0 Å². The number of allylic oxidation sites excluding steroid dienone is 4. The molecule has 1 aliphatic carbocycles. The van der Waals surface area contributed by atoms with Crippen molar-refractivity contribution < 1.29 is 0 Å². The van der Waals surface area contributed by atoms with Crippen LogP contribution in [-0.4, -0.2) is 0 Å². The molecule has 0 saturated heterocycles. The van der Waals surface area contributed by atoms with Gasteiger partial charge in [0, 0.05) is 0 Å². The van der Waals surface area contributed by atoms with Crippen LogP contribution in [0.1, 0.15) is 50.8 Å². The van der Waals surface area contributed by atoms with Crippen molar-refractivity contribution in [3.05, 3.63) is 53.1 Å². The standard InChI is InChI=1S/C19H26/c1-5-16-10-11-17(13-18(16)12-14(2)3)19-9-7-6-8-15(19)4/h6-7,9-11,13-15H,5,8,12H2,1-4H3. The van der Waals surface area contributed by atoms with Gasteiger partial charge in [-0.2, -0.15) is 0 Å². The lowest BCUT2D eigenvalue weighted by molar-refractivity contribution is 0.643. The summed E-state index contributed by atoms with van der Waals surface area (Å²) in [5, 5.41) is 0. The lowest BCUT2D eigenvalue weighted by Crippen LogP contribution is -2.04. The van der Waals surface area contributed by atoms with Crippen LogP contribution in [0.15, 0.2) is 36.4 Å². The predicted molar refractivity (Wildman–Crippen MR) is 85.3 cm³/mol. The predicted octanol–water partition coefficient (Wildman–Crippen LogP) is 5.43. The van der Waals surface area contributed by atoms with Gasteiger partial charge in [0.05, 0.1) is 0 Å². The Balaban J connectivity index is 2.37. The molecule has 0 amide bonds. The van der Waals surface area contributed by atoms with Crippen molar-refractivity contribution in [3.8, 4) is 0 Å². The zero-order chi connectivity index (χ0) is 13.8. The topological polar surface area (TPSA) is 0 Å². The molecule has 1 atom stereocenters. The quantitative estimate of drug-likeness (QED) is 0.672. The van der Waals surface area contributed by atoms with E-state index < -0.39 is 0 Å². The van der Waals surface area contributed by atoms with Gasteiger partial charge in [-0.3, -0.25) is 0 Å². The van der Waals surface area contributed by atoms with Crippen LogP contribution in [-0.2, 0) is 12.8 Å². The Morgan fingerprint density at radius 3 is 2.63 bits per heavy atom. The molecule has 0 spiro atoms. The van der Waals surface area contributed by atoms with E-state index in [-0.39, 0.29) is 0 Å². The minimum atomic E-state index is 0.643. The van der Waals surface area contributed by atoms with E-state index in [1.54, 1.807) is 0 Å². The van der Waals surface area contributed by atoms with E-state index in [1.165, 1.54) is 35.1 Å². The van der Waals surface area contributed by atoms with Crippen LogP contribution in [0.4, 0.5) is 0 Å². The van der Waals surface area contributed by atoms with Crippen LogP contribution in [0, 0.1) is 11.8 Å². The third kappa shape index (κ3) is 3.37. The smallest absolute Gasteiger partial charge is 0.0150 e. The fourth-order valence-electron chi connectivity index (χ4n) is 2.91. The van der Waals surface area contributed by atoms with Gasteiger partial charge in [-0.05, 0) is 53.4 Å². The number of benzene rings is 1. The van der Waals surface area contributed by atoms with Crippen molar-refractivity contribution in [2.45, 2.75) is 47.0 Å². The van der Waals surface area contributed by atoms with Crippen molar-refractivity contribution in [2.75, 3.05) is 0 Å². The van der Waals surface area contributed by atoms with Gasteiger partial charge in [0.25, 0.3) is 0 Å². The Morgan fingerprint density at radius 1 is 1.21 bits per heavy atom. The molecule has 0 aliphatic heterocycles. The average molecular weight is 254 g/mol. The molecule has 1 unspecified atom stereocenters. The van der Waals surface area contributed by atoms with Gasteiger partial charge in [-0.15, -0.1) is 0 Å². The first-order chi connectivity index (χ1) is 9.11. The second-order valence-electron chi connectivity index (χ2n) is 6.12. The summed E-state index contributed by atoms with van der Waals surface area (Å²) in [6.07, 6.45) is 10.2. The normalized spacial score (nSPS) is 18.8. The highest BCUT2D eigenvalue weighted by Gasteiger charge is 2.13. The Labute approximate surface area is 118 Å². The third-order valence-electron chi connectivity index (χ3n) is 3.98. The fourth-order valence-corrected chi connectivity index (χ4v) is 2.91. The van der Waals surface area contributed by atoms with E-state index in [9.17, 15) is 0 Å². The van der Waals surface area contributed by atoms with E-state index in [2.05, 4.69) is 64.1 Å². The molecule has 102 valence electrons. The van der Waals surface area contributed by atoms with Crippen molar-refractivity contribution in [1.29, 1.82) is 0 Å². The van der Waals surface area contributed by atoms with E-state index in [4.69, 9.17) is 0 Å². The van der Waals surface area contributed by atoms with Crippen molar-refractivity contribution in [2.24, 2.45) is 11.8 Å². The molecule has 2 rings (SSSR count). The fraction of sp³-hybridized carbons (Fsp3) is 0.474. The summed E-state index contributed by atoms with van der Waals surface area (Å²) in [6.45, 7) is 9.18. The number of hydrogen-bond acceptors (Lipinski definition) is 0. The Bertz CT molecular complexity index is 489. The monoisotopic (exact) mass is 254 g/mol. The first kappa shape index (κ1) is 14.1. The lowest BCUT2D eigenvalue weighted by atomic mass is 9.85. The molecule has 0 heteroatoms. The van der Waals surface area contributed by atoms with Gasteiger partial charge in [-0.25, -0.2) is 0 Å². The summed E-state index contributed by atoms with van der Waals surface area (Å²) < 4.78 is 0. The van der Waals surface area contributed by atoms with Crippen LogP contribution < -0.4 is 0 Å². The molecule has 0 heterocycles. The maximum Gasteiger partial charge on any atom is -0.0150 e. The first-order valence-electron chi connectivity index (χ1n) is 7.60. The Hall–Kier alpha value is -1.30. The van der Waals surface area contributed by atoms with E-state index >= 15 is 0 Å². The summed E-state index contributed by atoms with van der Waals surface area (Å²) >= 11 is 0. The van der Waals surface area contributed by atoms with E-state index in [0.29, 0.717) is 5.92 Å². The van der Waals surface area contributed by atoms with Crippen LogP contribution in [0.25, 0.3) is 5.57 Å². The van der Waals surface area contributed by atoms with Gasteiger partial charge < -0.3 is 0 Å². The minimum absolute atomic E-state index is 0.643. The SMILES string of the molecule is CCc1ccc(C2=CC=CCC2C)cc1CC(C)C. The molecular formula is C19H26. The number of aryl methyl sites for hydroxylation is 1. The molecule has 0 nitrogen and oxygen atoms in total. The van der Waals surface area contributed by atoms with Gasteiger partial charge in [-0.1, -0.05) is 64.1 Å². The molecule has 0 saturated carbocycles. The Morgan fingerprint density at radius 2 is 2.00 bits per heavy atom. The van der Waals surface area contributed by atoms with E-state index in [0.717, 1.165) is 12.3 Å². The molecule has 0 aromatic heterocycles. The second kappa shape index (κ2) is 6.23. The maximum atomic E-state index is 2.43. The van der Waals surface area contributed by atoms with Crippen LogP contribution >= 0.6 is 0 Å². The third-order valence-corrected chi connectivity index (χ3v) is 3.98. The molecule has 0 fully saturated rings. The summed E-state index contributed by atoms with van der Waals surface area (Å²) in [5.74, 6) is 1.36. The summed E-state index contributed by atoms with van der Waals surface area (Å²) in [4.78, 5) is 0. The first-order valence-corrected chi connectivity index (χ1v) is 7.60. The van der Waals surface area contributed by atoms with Crippen molar-refractivity contribution in [3.63, 3.8) is 0 Å². The van der Waals surface area contributed by atoms with Crippen molar-refractivity contribution >= 4 is 5.57 Å². The lowest BCUT2D eigenvalue weighted by Gasteiger charge is -2.20. The van der Waals surface area contributed by atoms with Crippen LogP contribution in [0.3, 0.4) is 0 Å². The molecule has 0 radical (unpaired) electrons. The number of rotatable bonds is 4. The molecule has 0 bridgehead atoms. The summed E-state index contributed by atoms with van der Waals surface area (Å²) in [6, 6.07) is 7.07. The van der Waals surface area contributed by atoms with Crippen LogP contribution in [0.5, 0.6) is 0 Å². The van der Waals surface area contributed by atoms with Gasteiger partial charge in [0.15, 0.2) is 0 Å². The molecular weight excluding hydrogens is 228 g/mol. The highest BCUT2D eigenvalue weighted by Crippen LogP contribution is 2.31. The van der Waals surface area contributed by atoms with Crippen LogP contribution in [0.2, 0.25) is 0 Å². The Kier molecular flexibility index (Phi) is 4.63. The number of hydrogen-bond donors (Lipinski definition) is 0. The van der Waals surface area contributed by atoms with Crippen molar-refractivity contribution in [1.82, 2.24) is 0 Å². The second-order valence-corrected chi connectivity index (χ2v) is 6.12. The van der Waals surface area contributed by atoms with Gasteiger partial charge >= 0.3 is 0 Å². The largest absolute Gasteiger partial charge is 0.0839 e. The highest BCUT2D eigenvalue weighted by atomic mass is 14.2. The zero-order valence-electron chi connectivity index (χ0n) is 12.7. The molecule has 1 aromatic carbocycles.